The summed E-state index contributed by atoms with van der Waals surface area (Å²) in [5.41, 5.74) is 0.212. The van der Waals surface area contributed by atoms with Crippen molar-refractivity contribution in [3.8, 4) is 5.75 Å². The standard InChI is InChI=1S/C17H19N5O5S/c1-10-7-8-11(27-10)9-18-15-16(21-28(25,26)20-15)19-13-6-4-5-12(14(13)23)17(24)22(2)3/h4-8,23H,9H2,1-3H3,(H,18,20)(H,19,21)/p+1. The monoisotopic (exact) mass is 406 g/mol. The van der Waals surface area contributed by atoms with Crippen LogP contribution in [0.3, 0.4) is 0 Å². The van der Waals surface area contributed by atoms with Gasteiger partial charge in [-0.15, -0.1) is 4.40 Å². The number of hydrogen-bond donors (Lipinski definition) is 3. The Morgan fingerprint density at radius 1 is 1.25 bits per heavy atom. The molecule has 1 aromatic heterocycles. The summed E-state index contributed by atoms with van der Waals surface area (Å²) < 4.78 is 36.3. The highest BCUT2D eigenvalue weighted by Crippen LogP contribution is 2.28. The number of nitrogens with two attached hydrogens (primary N) is 1. The van der Waals surface area contributed by atoms with Gasteiger partial charge in [0, 0.05) is 14.1 Å². The summed E-state index contributed by atoms with van der Waals surface area (Å²) in [5, 5.41) is 14.7. The lowest BCUT2D eigenvalue weighted by Crippen LogP contribution is -2.88. The van der Waals surface area contributed by atoms with Gasteiger partial charge in [0.2, 0.25) is 5.84 Å². The Bertz CT molecular complexity index is 1090. The Labute approximate surface area is 161 Å². The predicted molar refractivity (Wildman–Crippen MR) is 103 cm³/mol. The number of aryl methyl sites for hydroxylation is 1. The second-order valence-corrected chi connectivity index (χ2v) is 7.57. The molecule has 3 rings (SSSR count). The van der Waals surface area contributed by atoms with Crippen LogP contribution >= 0.6 is 0 Å². The highest BCUT2D eigenvalue weighted by Gasteiger charge is 2.29. The van der Waals surface area contributed by atoms with Crippen molar-refractivity contribution in [3.63, 3.8) is 0 Å². The normalized spacial score (nSPS) is 15.1. The fourth-order valence-electron chi connectivity index (χ4n) is 2.55. The number of anilines is 1. The van der Waals surface area contributed by atoms with Crippen LogP contribution in [-0.4, -0.2) is 50.1 Å². The first kappa shape index (κ1) is 19.6. The molecule has 1 aromatic carbocycles. The molecule has 0 aliphatic carbocycles. The van der Waals surface area contributed by atoms with Crippen LogP contribution in [0.2, 0.25) is 0 Å². The van der Waals surface area contributed by atoms with Crippen LogP contribution in [-0.2, 0) is 16.8 Å². The molecule has 2 aromatic rings. The fourth-order valence-corrected chi connectivity index (χ4v) is 3.37. The molecule has 0 saturated carbocycles. The van der Waals surface area contributed by atoms with E-state index < -0.39 is 16.1 Å². The molecule has 0 bridgehead atoms. The van der Waals surface area contributed by atoms with E-state index in [0.717, 1.165) is 5.76 Å². The predicted octanol–water partition coefficient (Wildman–Crippen LogP) is 0.226. The van der Waals surface area contributed by atoms with Crippen molar-refractivity contribution in [2.75, 3.05) is 19.4 Å². The molecule has 10 nitrogen and oxygen atoms in total. The number of nitrogens with zero attached hydrogens (tertiary/aromatic N) is 3. The van der Waals surface area contributed by atoms with Gasteiger partial charge in [0.25, 0.3) is 11.7 Å². The van der Waals surface area contributed by atoms with E-state index >= 15 is 0 Å². The number of aromatic hydroxyl groups is 1. The molecular weight excluding hydrogens is 386 g/mol. The largest absolute Gasteiger partial charge is 0.505 e. The molecule has 11 heteroatoms. The molecule has 0 saturated heterocycles. The van der Waals surface area contributed by atoms with Gasteiger partial charge in [0.05, 0.1) is 11.3 Å². The number of quaternary nitrogens is 1. The van der Waals surface area contributed by atoms with E-state index in [1.807, 2.05) is 0 Å². The zero-order chi connectivity index (χ0) is 20.5. The van der Waals surface area contributed by atoms with Crippen LogP contribution in [0, 0.1) is 6.92 Å². The maximum atomic E-state index is 12.2. The van der Waals surface area contributed by atoms with Crippen LogP contribution in [0.5, 0.6) is 5.75 Å². The van der Waals surface area contributed by atoms with Gasteiger partial charge >= 0.3 is 10.2 Å². The van der Waals surface area contributed by atoms with Crippen molar-refractivity contribution in [3.05, 3.63) is 47.4 Å². The number of benzene rings is 1. The number of hydrogen-bond acceptors (Lipinski definition) is 6. The second-order valence-electron chi connectivity index (χ2n) is 6.31. The van der Waals surface area contributed by atoms with Crippen LogP contribution in [0.1, 0.15) is 21.9 Å². The number of amidine groups is 2. The van der Waals surface area contributed by atoms with Crippen LogP contribution < -0.4 is 10.6 Å². The third kappa shape index (κ3) is 4.21. The maximum absolute atomic E-state index is 12.2. The van der Waals surface area contributed by atoms with Gasteiger partial charge in [-0.25, -0.2) is 0 Å². The first-order valence-corrected chi connectivity index (χ1v) is 9.70. The summed E-state index contributed by atoms with van der Waals surface area (Å²) >= 11 is 0. The van der Waals surface area contributed by atoms with Gasteiger partial charge in [-0.1, -0.05) is 10.5 Å². The Hall–Kier alpha value is -3.18. The number of carbonyl (C=O) groups excluding carboxylic acids is 1. The van der Waals surface area contributed by atoms with E-state index in [0.29, 0.717) is 12.3 Å². The summed E-state index contributed by atoms with van der Waals surface area (Å²) in [5.74, 6) is 0.727. The zero-order valence-electron chi connectivity index (χ0n) is 15.5. The van der Waals surface area contributed by atoms with Gasteiger partial charge in [-0.2, -0.15) is 8.42 Å². The number of carbonyl (C=O) groups is 1. The van der Waals surface area contributed by atoms with E-state index in [4.69, 9.17) is 4.42 Å². The number of nitrogens with one attached hydrogen (secondary N) is 1. The fraction of sp³-hybridized carbons (Fsp3) is 0.235. The second kappa shape index (κ2) is 7.44. The molecule has 0 spiro atoms. The number of para-hydroxylation sites is 1. The lowest BCUT2D eigenvalue weighted by Gasteiger charge is -2.14. The third-order valence-electron chi connectivity index (χ3n) is 3.88. The summed E-state index contributed by atoms with van der Waals surface area (Å²) in [6.07, 6.45) is 0. The number of amides is 1. The van der Waals surface area contributed by atoms with Gasteiger partial charge < -0.3 is 19.7 Å². The number of phenolic OH excluding ortho intramolecular Hbond substituents is 1. The molecule has 1 amide bonds. The third-order valence-corrected chi connectivity index (χ3v) is 4.72. The minimum Gasteiger partial charge on any atom is -0.505 e. The molecule has 4 N–H and O–H groups in total. The number of phenols is 1. The van der Waals surface area contributed by atoms with Crippen molar-refractivity contribution < 1.29 is 28.1 Å². The summed E-state index contributed by atoms with van der Waals surface area (Å²) in [6.45, 7) is 2.12. The Balaban J connectivity index is 1.83. The molecule has 0 unspecified atom stereocenters. The molecule has 1 aliphatic rings. The molecule has 28 heavy (non-hydrogen) atoms. The number of rotatable bonds is 4. The SMILES string of the molecule is Cc1ccc(C[NH2+]C2=NS(=O)(=O)N=C2Nc2cccc(C(=O)N(C)C)c2O)o1. The maximum Gasteiger partial charge on any atom is 0.370 e. The Morgan fingerprint density at radius 3 is 2.64 bits per heavy atom. The lowest BCUT2D eigenvalue weighted by molar-refractivity contribution is -0.556. The molecule has 2 heterocycles. The Morgan fingerprint density at radius 2 is 2.00 bits per heavy atom. The lowest BCUT2D eigenvalue weighted by atomic mass is 10.1. The van der Waals surface area contributed by atoms with Crippen molar-refractivity contribution in [2.24, 2.45) is 8.80 Å². The quantitative estimate of drug-likeness (QED) is 0.621. The van der Waals surface area contributed by atoms with Crippen molar-refractivity contribution in [1.82, 2.24) is 4.90 Å². The minimum absolute atomic E-state index is 0.0481. The average Bonchev–Trinajstić information content (AvgIpc) is 3.16. The Kier molecular flexibility index (Phi) is 5.21. The van der Waals surface area contributed by atoms with Crippen LogP contribution in [0.15, 0.2) is 43.5 Å². The minimum atomic E-state index is -4.02. The highest BCUT2D eigenvalue weighted by molar-refractivity contribution is 7.89. The van der Waals surface area contributed by atoms with E-state index in [1.54, 1.807) is 44.5 Å². The van der Waals surface area contributed by atoms with Gasteiger partial charge in [-0.05, 0) is 31.2 Å². The first-order valence-electron chi connectivity index (χ1n) is 8.30. The molecule has 1 aliphatic heterocycles. The van der Waals surface area contributed by atoms with Crippen molar-refractivity contribution >= 4 is 33.5 Å². The highest BCUT2D eigenvalue weighted by atomic mass is 32.2. The van der Waals surface area contributed by atoms with E-state index in [2.05, 4.69) is 14.1 Å². The number of furan rings is 1. The van der Waals surface area contributed by atoms with Gasteiger partial charge in [0.15, 0.2) is 11.5 Å². The molecule has 0 fully saturated rings. The first-order chi connectivity index (χ1) is 13.2. The van der Waals surface area contributed by atoms with Crippen LogP contribution in [0.25, 0.3) is 0 Å². The van der Waals surface area contributed by atoms with E-state index in [1.165, 1.54) is 17.0 Å². The van der Waals surface area contributed by atoms with Crippen LogP contribution in [0.4, 0.5) is 5.69 Å². The smallest absolute Gasteiger partial charge is 0.370 e. The summed E-state index contributed by atoms with van der Waals surface area (Å²) in [4.78, 5) is 13.5. The molecule has 0 atom stereocenters. The summed E-state index contributed by atoms with van der Waals surface area (Å²) in [6, 6.07) is 8.12. The molecule has 148 valence electrons. The average molecular weight is 406 g/mol. The topological polar surface area (TPSA) is 141 Å². The van der Waals surface area contributed by atoms with Crippen molar-refractivity contribution in [2.45, 2.75) is 13.5 Å². The summed E-state index contributed by atoms with van der Waals surface area (Å²) in [7, 11) is -0.900. The van der Waals surface area contributed by atoms with Crippen molar-refractivity contribution in [1.29, 1.82) is 0 Å². The van der Waals surface area contributed by atoms with E-state index in [-0.39, 0.29) is 28.7 Å². The molecule has 0 radical (unpaired) electrons. The molecular formula is C17H20N5O5S+. The van der Waals surface area contributed by atoms with E-state index in [9.17, 15) is 18.3 Å². The van der Waals surface area contributed by atoms with Gasteiger partial charge in [-0.3, -0.25) is 10.1 Å². The van der Waals surface area contributed by atoms with Gasteiger partial charge in [0.1, 0.15) is 12.3 Å². The zero-order valence-corrected chi connectivity index (χ0v) is 16.3.